The molecule has 0 saturated heterocycles. The molecule has 0 aliphatic heterocycles. The minimum absolute atomic E-state index is 0.551. The van der Waals surface area contributed by atoms with Crippen LogP contribution in [-0.4, -0.2) is 12.7 Å². The molecule has 1 aromatic rings. The molecule has 0 spiro atoms. The lowest BCUT2D eigenvalue weighted by Crippen LogP contribution is -2.21. The zero-order chi connectivity index (χ0) is 11.6. The number of rotatable bonds is 2. The van der Waals surface area contributed by atoms with Crippen molar-refractivity contribution in [3.63, 3.8) is 0 Å². The maximum atomic E-state index is 12.0. The lowest BCUT2D eigenvalue weighted by molar-refractivity contribution is -0.115. The van der Waals surface area contributed by atoms with Crippen LogP contribution in [0.3, 0.4) is 0 Å². The van der Waals surface area contributed by atoms with Gasteiger partial charge < -0.3 is 5.32 Å². The molecule has 0 heterocycles. The largest absolute Gasteiger partial charge is 0.405 e. The van der Waals surface area contributed by atoms with Crippen LogP contribution in [-0.2, 0) is 0 Å². The average molecular weight is 217 g/mol. The van der Waals surface area contributed by atoms with Crippen molar-refractivity contribution in [2.24, 2.45) is 0 Å². The Balaban J connectivity index is 2.82. The Labute approximate surface area is 87.3 Å². The predicted octanol–water partition coefficient (Wildman–Crippen LogP) is 3.59. The molecule has 15 heavy (non-hydrogen) atoms. The van der Waals surface area contributed by atoms with Crippen LogP contribution in [0.5, 0.6) is 0 Å². The Morgan fingerprint density at radius 2 is 1.53 bits per heavy atom. The van der Waals surface area contributed by atoms with Crippen LogP contribution in [0.15, 0.2) is 12.1 Å². The van der Waals surface area contributed by atoms with E-state index in [-0.39, 0.29) is 0 Å². The number of alkyl halides is 3. The van der Waals surface area contributed by atoms with Gasteiger partial charge in [0.1, 0.15) is 6.54 Å². The average Bonchev–Trinajstić information content (AvgIpc) is 2.07. The second kappa shape index (κ2) is 4.13. The Kier molecular flexibility index (Phi) is 3.27. The summed E-state index contributed by atoms with van der Waals surface area (Å²) in [6.45, 7) is 4.63. The first-order chi connectivity index (χ1) is 6.79. The summed E-state index contributed by atoms with van der Waals surface area (Å²) < 4.78 is 36.0. The smallest absolute Gasteiger partial charge is 0.376 e. The summed E-state index contributed by atoms with van der Waals surface area (Å²) in [6, 6.07) is 3.63. The first-order valence-electron chi connectivity index (χ1n) is 4.68. The van der Waals surface area contributed by atoms with Crippen molar-refractivity contribution in [1.82, 2.24) is 0 Å². The maximum absolute atomic E-state index is 12.0. The molecule has 84 valence electrons. The molecule has 1 rings (SSSR count). The van der Waals surface area contributed by atoms with Gasteiger partial charge in [-0.3, -0.25) is 0 Å². The van der Waals surface area contributed by atoms with E-state index < -0.39 is 12.7 Å². The summed E-state index contributed by atoms with van der Waals surface area (Å²) in [4.78, 5) is 0. The number of hydrogen-bond donors (Lipinski definition) is 1. The highest BCUT2D eigenvalue weighted by atomic mass is 19.4. The van der Waals surface area contributed by atoms with Gasteiger partial charge in [-0.05, 0) is 43.5 Å². The molecular formula is C11H14F3N. The molecule has 1 nitrogen and oxygen atoms in total. The van der Waals surface area contributed by atoms with Crippen molar-refractivity contribution in [2.75, 3.05) is 11.9 Å². The first kappa shape index (κ1) is 11.9. The second-order valence-electron chi connectivity index (χ2n) is 3.72. The summed E-state index contributed by atoms with van der Waals surface area (Å²) in [5.74, 6) is 0. The second-order valence-corrected chi connectivity index (χ2v) is 3.72. The number of aryl methyl sites for hydroxylation is 3. The summed E-state index contributed by atoms with van der Waals surface area (Å²) in [5, 5.41) is 2.40. The maximum Gasteiger partial charge on any atom is 0.405 e. The van der Waals surface area contributed by atoms with Gasteiger partial charge in [0.15, 0.2) is 0 Å². The molecule has 0 unspecified atom stereocenters. The predicted molar refractivity (Wildman–Crippen MR) is 55.2 cm³/mol. The van der Waals surface area contributed by atoms with E-state index >= 15 is 0 Å². The van der Waals surface area contributed by atoms with Gasteiger partial charge in [-0.25, -0.2) is 0 Å². The third-order valence-corrected chi connectivity index (χ3v) is 2.32. The van der Waals surface area contributed by atoms with E-state index in [4.69, 9.17) is 0 Å². The van der Waals surface area contributed by atoms with E-state index in [0.29, 0.717) is 5.69 Å². The molecule has 0 fully saturated rings. The van der Waals surface area contributed by atoms with Crippen molar-refractivity contribution < 1.29 is 13.2 Å². The number of benzene rings is 1. The van der Waals surface area contributed by atoms with Crippen LogP contribution in [0.2, 0.25) is 0 Å². The van der Waals surface area contributed by atoms with Crippen molar-refractivity contribution in [3.05, 3.63) is 28.8 Å². The van der Waals surface area contributed by atoms with Gasteiger partial charge in [0, 0.05) is 5.69 Å². The highest BCUT2D eigenvalue weighted by Gasteiger charge is 2.26. The number of anilines is 1. The third-order valence-electron chi connectivity index (χ3n) is 2.32. The Morgan fingerprint density at radius 1 is 1.00 bits per heavy atom. The third kappa shape index (κ3) is 3.46. The van der Waals surface area contributed by atoms with Crippen LogP contribution in [0.4, 0.5) is 18.9 Å². The summed E-state index contributed by atoms with van der Waals surface area (Å²) in [5.41, 5.74) is 3.47. The molecule has 0 radical (unpaired) electrons. The van der Waals surface area contributed by atoms with Gasteiger partial charge in [-0.2, -0.15) is 13.2 Å². The van der Waals surface area contributed by atoms with Gasteiger partial charge >= 0.3 is 6.18 Å². The number of halogens is 3. The fraction of sp³-hybridized carbons (Fsp3) is 0.455. The molecule has 0 atom stereocenters. The van der Waals surface area contributed by atoms with Gasteiger partial charge in [-0.15, -0.1) is 0 Å². The number of nitrogens with one attached hydrogen (secondary N) is 1. The van der Waals surface area contributed by atoms with Crippen LogP contribution in [0.25, 0.3) is 0 Å². The fourth-order valence-corrected chi connectivity index (χ4v) is 1.35. The lowest BCUT2D eigenvalue weighted by Gasteiger charge is -2.13. The van der Waals surface area contributed by atoms with Crippen molar-refractivity contribution in [2.45, 2.75) is 26.9 Å². The van der Waals surface area contributed by atoms with Crippen molar-refractivity contribution in [1.29, 1.82) is 0 Å². The van der Waals surface area contributed by atoms with E-state index in [2.05, 4.69) is 5.32 Å². The molecule has 0 aliphatic rings. The minimum Gasteiger partial charge on any atom is -0.376 e. The first-order valence-corrected chi connectivity index (χ1v) is 4.68. The lowest BCUT2D eigenvalue weighted by atomic mass is 10.1. The molecular weight excluding hydrogens is 203 g/mol. The zero-order valence-electron chi connectivity index (χ0n) is 9.00. The van der Waals surface area contributed by atoms with Crippen molar-refractivity contribution in [3.8, 4) is 0 Å². The molecule has 0 aromatic heterocycles. The van der Waals surface area contributed by atoms with Gasteiger partial charge in [0.05, 0.1) is 0 Å². The summed E-state index contributed by atoms with van der Waals surface area (Å²) in [6.07, 6.45) is -4.18. The quantitative estimate of drug-likeness (QED) is 0.798. The molecule has 1 aromatic carbocycles. The van der Waals surface area contributed by atoms with Gasteiger partial charge in [0.25, 0.3) is 0 Å². The number of hydrogen-bond acceptors (Lipinski definition) is 1. The zero-order valence-corrected chi connectivity index (χ0v) is 9.00. The fourth-order valence-electron chi connectivity index (χ4n) is 1.35. The highest BCUT2D eigenvalue weighted by Crippen LogP contribution is 2.22. The summed E-state index contributed by atoms with van der Waals surface area (Å²) >= 11 is 0. The molecule has 1 N–H and O–H groups in total. The standard InChI is InChI=1S/C11H14F3N/c1-7-4-9(3)10(5-8(7)2)15-6-11(12,13)14/h4-5,15H,6H2,1-3H3. The SMILES string of the molecule is Cc1cc(C)c(NCC(F)(F)F)cc1C. The van der Waals surface area contributed by atoms with Crippen molar-refractivity contribution >= 4 is 5.69 Å². The molecule has 0 aliphatic carbocycles. The topological polar surface area (TPSA) is 12.0 Å². The van der Waals surface area contributed by atoms with E-state index in [1.165, 1.54) is 0 Å². The molecule has 0 saturated carbocycles. The van der Waals surface area contributed by atoms with Crippen LogP contribution < -0.4 is 5.32 Å². The molecule has 0 amide bonds. The Hall–Kier alpha value is -1.19. The van der Waals surface area contributed by atoms with E-state index in [1.807, 2.05) is 19.9 Å². The van der Waals surface area contributed by atoms with E-state index in [9.17, 15) is 13.2 Å². The normalized spacial score (nSPS) is 11.6. The van der Waals surface area contributed by atoms with E-state index in [1.54, 1.807) is 13.0 Å². The summed E-state index contributed by atoms with van der Waals surface area (Å²) in [7, 11) is 0. The molecule has 4 heteroatoms. The Morgan fingerprint density at radius 3 is 2.07 bits per heavy atom. The van der Waals surface area contributed by atoms with Crippen LogP contribution >= 0.6 is 0 Å². The Bertz CT molecular complexity index is 356. The minimum atomic E-state index is -4.18. The van der Waals surface area contributed by atoms with Gasteiger partial charge in [0.2, 0.25) is 0 Å². The monoisotopic (exact) mass is 217 g/mol. The van der Waals surface area contributed by atoms with Crippen LogP contribution in [0.1, 0.15) is 16.7 Å². The van der Waals surface area contributed by atoms with Gasteiger partial charge in [-0.1, -0.05) is 6.07 Å². The highest BCUT2D eigenvalue weighted by molar-refractivity contribution is 5.54. The van der Waals surface area contributed by atoms with Crippen LogP contribution in [0, 0.1) is 20.8 Å². The molecule has 0 bridgehead atoms. The van der Waals surface area contributed by atoms with E-state index in [0.717, 1.165) is 16.7 Å².